The van der Waals surface area contributed by atoms with Crippen LogP contribution in [0, 0.1) is 0 Å². The Labute approximate surface area is 180 Å². The molecule has 0 fully saturated rings. The second-order valence-electron chi connectivity index (χ2n) is 6.96. The van der Waals surface area contributed by atoms with E-state index in [0.717, 1.165) is 46.1 Å². The minimum absolute atomic E-state index is 0.550. The molecule has 154 valence electrons. The van der Waals surface area contributed by atoms with E-state index in [-0.39, 0.29) is 0 Å². The maximum atomic E-state index is 6.17. The van der Waals surface area contributed by atoms with Crippen LogP contribution < -0.4 is 0 Å². The molecule has 0 unspecified atom stereocenters. The highest BCUT2D eigenvalue weighted by molar-refractivity contribution is 6.30. The summed E-state index contributed by atoms with van der Waals surface area (Å²) in [6.07, 6.45) is 2.47. The molecule has 2 aromatic carbocycles. The molecule has 0 saturated carbocycles. The summed E-state index contributed by atoms with van der Waals surface area (Å²) in [5.41, 5.74) is 5.89. The third-order valence-electron chi connectivity index (χ3n) is 5.00. The summed E-state index contributed by atoms with van der Waals surface area (Å²) in [5, 5.41) is 9.32. The first-order valence-corrected chi connectivity index (χ1v) is 10.4. The van der Waals surface area contributed by atoms with Gasteiger partial charge in [0.1, 0.15) is 12.4 Å². The number of oxime groups is 1. The maximum Gasteiger partial charge on any atom is 0.115 e. The number of imidazole rings is 1. The molecule has 6 nitrogen and oxygen atoms in total. The van der Waals surface area contributed by atoms with Gasteiger partial charge in [0.2, 0.25) is 0 Å². The summed E-state index contributed by atoms with van der Waals surface area (Å²) in [7, 11) is 0. The summed E-state index contributed by atoms with van der Waals surface area (Å²) in [5.74, 6) is 0.993. The number of aryl methyl sites for hydroxylation is 1. The van der Waals surface area contributed by atoms with Gasteiger partial charge in [0.15, 0.2) is 0 Å². The van der Waals surface area contributed by atoms with Gasteiger partial charge in [0, 0.05) is 29.7 Å². The highest BCUT2D eigenvalue weighted by atomic mass is 35.5. The van der Waals surface area contributed by atoms with Gasteiger partial charge in [-0.1, -0.05) is 28.9 Å². The molecule has 0 amide bonds. The van der Waals surface area contributed by atoms with Crippen molar-refractivity contribution in [3.05, 3.63) is 76.8 Å². The van der Waals surface area contributed by atoms with Crippen LogP contribution in [-0.4, -0.2) is 31.7 Å². The molecule has 0 aliphatic heterocycles. The van der Waals surface area contributed by atoms with E-state index in [0.29, 0.717) is 18.1 Å². The molecule has 0 radical (unpaired) electrons. The third-order valence-corrected chi connectivity index (χ3v) is 5.24. The fraction of sp³-hybridized carbons (Fsp3) is 0.261. The number of aromatic nitrogens is 4. The van der Waals surface area contributed by atoms with Gasteiger partial charge >= 0.3 is 0 Å². The lowest BCUT2D eigenvalue weighted by atomic mass is 10.1. The molecule has 0 aliphatic rings. The monoisotopic (exact) mass is 421 g/mol. The minimum Gasteiger partial charge on any atom is -0.396 e. The fourth-order valence-corrected chi connectivity index (χ4v) is 3.76. The van der Waals surface area contributed by atoms with Crippen LogP contribution >= 0.6 is 11.6 Å². The molecule has 30 heavy (non-hydrogen) atoms. The Kier molecular flexibility index (Phi) is 5.86. The Morgan fingerprint density at radius 1 is 1.13 bits per heavy atom. The van der Waals surface area contributed by atoms with E-state index in [1.54, 1.807) is 6.20 Å². The number of benzene rings is 2. The summed E-state index contributed by atoms with van der Waals surface area (Å²) >= 11 is 6.17. The van der Waals surface area contributed by atoms with Gasteiger partial charge < -0.3 is 9.40 Å². The normalized spacial score (nSPS) is 11.9. The van der Waals surface area contributed by atoms with E-state index in [1.165, 1.54) is 0 Å². The molecule has 0 saturated heterocycles. The Morgan fingerprint density at radius 3 is 2.77 bits per heavy atom. The van der Waals surface area contributed by atoms with Crippen LogP contribution in [-0.2, 0) is 17.8 Å². The molecular formula is C23H24ClN5O. The second-order valence-corrected chi connectivity index (χ2v) is 7.40. The molecule has 0 spiro atoms. The smallest absolute Gasteiger partial charge is 0.115 e. The van der Waals surface area contributed by atoms with E-state index in [4.69, 9.17) is 21.4 Å². The summed E-state index contributed by atoms with van der Waals surface area (Å²) in [6.45, 7) is 7.38. The first-order chi connectivity index (χ1) is 14.6. The highest BCUT2D eigenvalue weighted by Gasteiger charge is 2.14. The quantitative estimate of drug-likeness (QED) is 0.302. The lowest BCUT2D eigenvalue weighted by Crippen LogP contribution is -2.07. The Hall–Kier alpha value is -3.12. The van der Waals surface area contributed by atoms with Crippen molar-refractivity contribution < 1.29 is 4.84 Å². The van der Waals surface area contributed by atoms with Crippen molar-refractivity contribution in [3.8, 4) is 5.69 Å². The van der Waals surface area contributed by atoms with Gasteiger partial charge in [0.25, 0.3) is 0 Å². The van der Waals surface area contributed by atoms with Crippen LogP contribution in [0.4, 0.5) is 0 Å². The maximum absolute atomic E-state index is 6.17. The Morgan fingerprint density at radius 2 is 2.00 bits per heavy atom. The number of fused-ring (bicyclic) bond motifs is 1. The zero-order chi connectivity index (χ0) is 21.1. The highest BCUT2D eigenvalue weighted by Crippen LogP contribution is 2.22. The molecule has 7 heteroatoms. The first-order valence-electron chi connectivity index (χ1n) is 10.1. The molecule has 4 aromatic rings. The predicted molar refractivity (Wildman–Crippen MR) is 121 cm³/mol. The molecule has 2 heterocycles. The van der Waals surface area contributed by atoms with Crippen molar-refractivity contribution in [2.24, 2.45) is 5.16 Å². The second kappa shape index (κ2) is 8.71. The lowest BCUT2D eigenvalue weighted by Gasteiger charge is -2.09. The first kappa shape index (κ1) is 20.2. The SMILES string of the molecule is CCON=C(C)c1ccc2c(c1)nc(Cc1ccnn1-c1cccc(Cl)c1)n2CC. The van der Waals surface area contributed by atoms with Gasteiger partial charge in [-0.15, -0.1) is 0 Å². The molecule has 0 aliphatic carbocycles. The van der Waals surface area contributed by atoms with Crippen LogP contribution in [0.15, 0.2) is 59.9 Å². The zero-order valence-corrected chi connectivity index (χ0v) is 18.1. The largest absolute Gasteiger partial charge is 0.396 e. The van der Waals surface area contributed by atoms with Gasteiger partial charge in [-0.05, 0) is 57.2 Å². The Bertz CT molecular complexity index is 1210. The molecular weight excluding hydrogens is 398 g/mol. The zero-order valence-electron chi connectivity index (χ0n) is 17.3. The summed E-state index contributed by atoms with van der Waals surface area (Å²) in [6, 6.07) is 15.9. The van der Waals surface area contributed by atoms with Crippen molar-refractivity contribution >= 4 is 28.3 Å². The Balaban J connectivity index is 1.71. The number of hydrogen-bond acceptors (Lipinski definition) is 4. The van der Waals surface area contributed by atoms with Gasteiger partial charge in [0.05, 0.1) is 28.1 Å². The molecule has 4 rings (SSSR count). The van der Waals surface area contributed by atoms with Gasteiger partial charge in [-0.2, -0.15) is 5.10 Å². The van der Waals surface area contributed by atoms with Crippen LogP contribution in [0.1, 0.15) is 37.9 Å². The van der Waals surface area contributed by atoms with E-state index in [1.807, 2.05) is 48.9 Å². The average molecular weight is 422 g/mol. The predicted octanol–water partition coefficient (Wildman–Crippen LogP) is 5.25. The van der Waals surface area contributed by atoms with Crippen molar-refractivity contribution in [2.45, 2.75) is 33.7 Å². The van der Waals surface area contributed by atoms with E-state index in [2.05, 4.69) is 39.9 Å². The lowest BCUT2D eigenvalue weighted by molar-refractivity contribution is 0.159. The molecule has 0 atom stereocenters. The standard InChI is InChI=1S/C23H24ClN5O/c1-4-28-22-10-9-17(16(3)27-30-5-2)13-21(22)26-23(28)15-20-11-12-25-29(20)19-8-6-7-18(24)14-19/h6-14H,4-5,15H2,1-3H3. The van der Waals surface area contributed by atoms with E-state index < -0.39 is 0 Å². The number of nitrogens with zero attached hydrogens (tertiary/aromatic N) is 5. The van der Waals surface area contributed by atoms with Crippen LogP contribution in [0.2, 0.25) is 5.02 Å². The molecule has 0 N–H and O–H groups in total. The third kappa shape index (κ3) is 3.96. The number of hydrogen-bond donors (Lipinski definition) is 0. The average Bonchev–Trinajstić information content (AvgIpc) is 3.35. The fourth-order valence-electron chi connectivity index (χ4n) is 3.57. The van der Waals surface area contributed by atoms with Crippen molar-refractivity contribution in [1.29, 1.82) is 0 Å². The summed E-state index contributed by atoms with van der Waals surface area (Å²) in [4.78, 5) is 10.1. The van der Waals surface area contributed by atoms with Crippen molar-refractivity contribution in [2.75, 3.05) is 6.61 Å². The molecule has 0 bridgehead atoms. The minimum atomic E-state index is 0.550. The van der Waals surface area contributed by atoms with Crippen LogP contribution in [0.3, 0.4) is 0 Å². The van der Waals surface area contributed by atoms with E-state index >= 15 is 0 Å². The van der Waals surface area contributed by atoms with E-state index in [9.17, 15) is 0 Å². The number of halogens is 1. The van der Waals surface area contributed by atoms with Gasteiger partial charge in [-0.3, -0.25) is 0 Å². The van der Waals surface area contributed by atoms with Crippen LogP contribution in [0.5, 0.6) is 0 Å². The van der Waals surface area contributed by atoms with Crippen molar-refractivity contribution in [3.63, 3.8) is 0 Å². The van der Waals surface area contributed by atoms with Gasteiger partial charge in [-0.25, -0.2) is 9.67 Å². The van der Waals surface area contributed by atoms with Crippen molar-refractivity contribution in [1.82, 2.24) is 19.3 Å². The van der Waals surface area contributed by atoms with Crippen LogP contribution in [0.25, 0.3) is 16.7 Å². The number of rotatable bonds is 7. The summed E-state index contributed by atoms with van der Waals surface area (Å²) < 4.78 is 4.15. The topological polar surface area (TPSA) is 57.2 Å². The molecule has 2 aromatic heterocycles.